The number of amides is 1. The average molecular weight is 343 g/mol. The third kappa shape index (κ3) is 3.37. The molecule has 0 unspecified atom stereocenters. The van der Waals surface area contributed by atoms with E-state index in [1.165, 1.54) is 34.1 Å². The predicted octanol–water partition coefficient (Wildman–Crippen LogP) is 2.60. The van der Waals surface area contributed by atoms with Crippen molar-refractivity contribution in [1.82, 2.24) is 25.1 Å². The summed E-state index contributed by atoms with van der Waals surface area (Å²) in [5.41, 5.74) is 0.691. The Morgan fingerprint density at radius 1 is 1.12 bits per heavy atom. The van der Waals surface area contributed by atoms with Gasteiger partial charge in [-0.1, -0.05) is 18.2 Å². The molecule has 0 saturated carbocycles. The van der Waals surface area contributed by atoms with Crippen LogP contribution in [0.5, 0.6) is 0 Å². The van der Waals surface area contributed by atoms with E-state index < -0.39 is 11.6 Å². The van der Waals surface area contributed by atoms with Gasteiger partial charge in [0.25, 0.3) is 5.91 Å². The van der Waals surface area contributed by atoms with Crippen molar-refractivity contribution in [3.63, 3.8) is 0 Å². The summed E-state index contributed by atoms with van der Waals surface area (Å²) in [7, 11) is 0. The van der Waals surface area contributed by atoms with Gasteiger partial charge >= 0.3 is 0 Å². The van der Waals surface area contributed by atoms with Crippen LogP contribution in [0.2, 0.25) is 0 Å². The SMILES string of the molecule is CCN(Cc1c(F)cccc1F)C(=O)c1ccccc1-n1cnnn1. The van der Waals surface area contributed by atoms with Gasteiger partial charge in [0.15, 0.2) is 0 Å². The van der Waals surface area contributed by atoms with Crippen molar-refractivity contribution in [2.24, 2.45) is 0 Å². The summed E-state index contributed by atoms with van der Waals surface area (Å²) in [5, 5.41) is 10.9. The second-order valence-corrected chi connectivity index (χ2v) is 5.29. The standard InChI is InChI=1S/C17H15F2N5O/c1-2-23(10-13-14(18)7-5-8-15(13)19)17(25)12-6-3-4-9-16(12)24-11-20-21-22-24/h3-9,11H,2,10H2,1H3. The van der Waals surface area contributed by atoms with Gasteiger partial charge in [0.05, 0.1) is 17.8 Å². The number of carbonyl (C=O) groups is 1. The van der Waals surface area contributed by atoms with Crippen LogP contribution in [0.1, 0.15) is 22.8 Å². The zero-order chi connectivity index (χ0) is 17.8. The molecular formula is C17H15F2N5O. The molecule has 128 valence electrons. The highest BCUT2D eigenvalue weighted by Gasteiger charge is 2.21. The number of hydrogen-bond acceptors (Lipinski definition) is 4. The second kappa shape index (κ2) is 7.16. The minimum absolute atomic E-state index is 0.141. The van der Waals surface area contributed by atoms with E-state index in [9.17, 15) is 13.6 Å². The monoisotopic (exact) mass is 343 g/mol. The fourth-order valence-electron chi connectivity index (χ4n) is 2.50. The fourth-order valence-corrected chi connectivity index (χ4v) is 2.50. The first-order valence-electron chi connectivity index (χ1n) is 7.66. The normalized spacial score (nSPS) is 10.7. The van der Waals surface area contributed by atoms with E-state index in [0.717, 1.165) is 0 Å². The van der Waals surface area contributed by atoms with Gasteiger partial charge in [-0.2, -0.15) is 4.68 Å². The Balaban J connectivity index is 1.94. The molecule has 3 rings (SSSR count). The Morgan fingerprint density at radius 3 is 2.48 bits per heavy atom. The summed E-state index contributed by atoms with van der Waals surface area (Å²) in [5.74, 6) is -1.73. The zero-order valence-electron chi connectivity index (χ0n) is 13.4. The zero-order valence-corrected chi connectivity index (χ0v) is 13.4. The number of aromatic nitrogens is 4. The molecule has 8 heteroatoms. The number of carbonyl (C=O) groups excluding carboxylic acids is 1. The molecule has 0 radical (unpaired) electrons. The van der Waals surface area contributed by atoms with Crippen molar-refractivity contribution in [2.45, 2.75) is 13.5 Å². The molecule has 0 N–H and O–H groups in total. The van der Waals surface area contributed by atoms with E-state index in [-0.39, 0.29) is 24.6 Å². The van der Waals surface area contributed by atoms with Crippen LogP contribution in [0.3, 0.4) is 0 Å². The van der Waals surface area contributed by atoms with Crippen molar-refractivity contribution in [3.8, 4) is 5.69 Å². The number of nitrogens with zero attached hydrogens (tertiary/aromatic N) is 5. The van der Waals surface area contributed by atoms with Crippen molar-refractivity contribution < 1.29 is 13.6 Å². The van der Waals surface area contributed by atoms with Crippen LogP contribution in [-0.2, 0) is 6.54 Å². The highest BCUT2D eigenvalue weighted by Crippen LogP contribution is 2.19. The van der Waals surface area contributed by atoms with Gasteiger partial charge < -0.3 is 4.90 Å². The van der Waals surface area contributed by atoms with Crippen LogP contribution in [0.4, 0.5) is 8.78 Å². The quantitative estimate of drug-likeness (QED) is 0.714. The molecule has 3 aromatic rings. The van der Waals surface area contributed by atoms with Gasteiger partial charge in [0.1, 0.15) is 18.0 Å². The predicted molar refractivity (Wildman–Crippen MR) is 85.9 cm³/mol. The first-order valence-corrected chi connectivity index (χ1v) is 7.66. The highest BCUT2D eigenvalue weighted by molar-refractivity contribution is 5.97. The smallest absolute Gasteiger partial charge is 0.256 e. The van der Waals surface area contributed by atoms with Crippen LogP contribution in [0.15, 0.2) is 48.8 Å². The number of halogens is 2. The molecule has 0 aliphatic heterocycles. The molecular weight excluding hydrogens is 328 g/mol. The van der Waals surface area contributed by atoms with Gasteiger partial charge in [-0.15, -0.1) is 5.10 Å². The molecule has 1 aromatic heterocycles. The van der Waals surface area contributed by atoms with Crippen LogP contribution >= 0.6 is 0 Å². The summed E-state index contributed by atoms with van der Waals surface area (Å²) >= 11 is 0. The summed E-state index contributed by atoms with van der Waals surface area (Å²) in [6.07, 6.45) is 1.37. The summed E-state index contributed by atoms with van der Waals surface area (Å²) in [6, 6.07) is 10.4. The van der Waals surface area contributed by atoms with Gasteiger partial charge in [0.2, 0.25) is 0 Å². The lowest BCUT2D eigenvalue weighted by Crippen LogP contribution is -2.32. The van der Waals surface area contributed by atoms with Crippen LogP contribution in [-0.4, -0.2) is 37.6 Å². The number of benzene rings is 2. The third-order valence-corrected chi connectivity index (χ3v) is 3.81. The number of rotatable bonds is 5. The molecule has 6 nitrogen and oxygen atoms in total. The highest BCUT2D eigenvalue weighted by atomic mass is 19.1. The number of tetrazole rings is 1. The maximum absolute atomic E-state index is 13.9. The van der Waals surface area contributed by atoms with Crippen LogP contribution in [0, 0.1) is 11.6 Å². The van der Waals surface area contributed by atoms with E-state index in [4.69, 9.17) is 0 Å². The second-order valence-electron chi connectivity index (χ2n) is 5.29. The fraction of sp³-hybridized carbons (Fsp3) is 0.176. The van der Waals surface area contributed by atoms with Crippen molar-refractivity contribution >= 4 is 5.91 Å². The minimum atomic E-state index is -0.681. The Labute approximate surface area is 142 Å². The number of hydrogen-bond donors (Lipinski definition) is 0. The lowest BCUT2D eigenvalue weighted by Gasteiger charge is -2.22. The first kappa shape index (κ1) is 16.7. The molecule has 1 heterocycles. The lowest BCUT2D eigenvalue weighted by atomic mass is 10.1. The van der Waals surface area contributed by atoms with Crippen LogP contribution < -0.4 is 0 Å². The van der Waals surface area contributed by atoms with E-state index in [0.29, 0.717) is 11.3 Å². The average Bonchev–Trinajstić information content (AvgIpc) is 3.16. The molecule has 0 bridgehead atoms. The topological polar surface area (TPSA) is 63.9 Å². The summed E-state index contributed by atoms with van der Waals surface area (Å²) in [6.45, 7) is 1.87. The largest absolute Gasteiger partial charge is 0.334 e. The Bertz CT molecular complexity index is 862. The number of para-hydroxylation sites is 1. The van der Waals surface area contributed by atoms with E-state index in [2.05, 4.69) is 15.5 Å². The molecule has 0 saturated heterocycles. The molecule has 0 atom stereocenters. The van der Waals surface area contributed by atoms with Gasteiger partial charge in [-0.25, -0.2) is 8.78 Å². The van der Waals surface area contributed by atoms with E-state index in [1.54, 1.807) is 31.2 Å². The molecule has 25 heavy (non-hydrogen) atoms. The molecule has 0 spiro atoms. The van der Waals surface area contributed by atoms with Gasteiger partial charge in [-0.3, -0.25) is 4.79 Å². The molecule has 0 aliphatic rings. The minimum Gasteiger partial charge on any atom is -0.334 e. The van der Waals surface area contributed by atoms with Crippen LogP contribution in [0.25, 0.3) is 5.69 Å². The maximum Gasteiger partial charge on any atom is 0.256 e. The first-order chi connectivity index (χ1) is 12.1. The van der Waals surface area contributed by atoms with Gasteiger partial charge in [0, 0.05) is 12.1 Å². The summed E-state index contributed by atoms with van der Waals surface area (Å²) < 4.78 is 29.2. The summed E-state index contributed by atoms with van der Waals surface area (Å²) in [4.78, 5) is 14.3. The Morgan fingerprint density at radius 2 is 1.84 bits per heavy atom. The molecule has 1 amide bonds. The van der Waals surface area contributed by atoms with Gasteiger partial charge in [-0.05, 0) is 41.6 Å². The molecule has 0 aliphatic carbocycles. The van der Waals surface area contributed by atoms with E-state index in [1.807, 2.05) is 0 Å². The van der Waals surface area contributed by atoms with E-state index >= 15 is 0 Å². The molecule has 2 aromatic carbocycles. The Hall–Kier alpha value is -3.16. The Kier molecular flexibility index (Phi) is 4.78. The van der Waals surface area contributed by atoms with Crippen molar-refractivity contribution in [2.75, 3.05) is 6.54 Å². The van der Waals surface area contributed by atoms with Crippen molar-refractivity contribution in [3.05, 3.63) is 71.6 Å². The third-order valence-electron chi connectivity index (χ3n) is 3.81. The van der Waals surface area contributed by atoms with Crippen molar-refractivity contribution in [1.29, 1.82) is 0 Å². The maximum atomic E-state index is 13.9. The lowest BCUT2D eigenvalue weighted by molar-refractivity contribution is 0.0749. The molecule has 0 fully saturated rings.